The highest BCUT2D eigenvalue weighted by molar-refractivity contribution is 9.10. The summed E-state index contributed by atoms with van der Waals surface area (Å²) in [5.74, 6) is 0. The van der Waals surface area contributed by atoms with Crippen molar-refractivity contribution in [1.29, 1.82) is 0 Å². The van der Waals surface area contributed by atoms with Crippen molar-refractivity contribution in [3.8, 4) is 28.2 Å². The van der Waals surface area contributed by atoms with Crippen molar-refractivity contribution < 1.29 is 0 Å². The summed E-state index contributed by atoms with van der Waals surface area (Å²) in [7, 11) is 0. The van der Waals surface area contributed by atoms with E-state index in [0.717, 1.165) is 37.1 Å². The van der Waals surface area contributed by atoms with Crippen LogP contribution in [-0.4, -0.2) is 9.78 Å². The van der Waals surface area contributed by atoms with Gasteiger partial charge in [-0.2, -0.15) is 5.10 Å². The Morgan fingerprint density at radius 2 is 1.33 bits per heavy atom. The highest BCUT2D eigenvalue weighted by Gasteiger charge is 2.20. The topological polar surface area (TPSA) is 17.8 Å². The summed E-state index contributed by atoms with van der Waals surface area (Å²) >= 11 is 20.0. The Bertz CT molecular complexity index is 1120. The van der Waals surface area contributed by atoms with Gasteiger partial charge in [0.25, 0.3) is 0 Å². The van der Waals surface area contributed by atoms with Gasteiger partial charge in [0.15, 0.2) is 0 Å². The van der Waals surface area contributed by atoms with E-state index in [2.05, 4.69) is 31.9 Å². The molecule has 0 fully saturated rings. The van der Waals surface area contributed by atoms with E-state index in [9.17, 15) is 0 Å². The maximum atomic E-state index is 6.84. The summed E-state index contributed by atoms with van der Waals surface area (Å²) in [6.07, 6.45) is 0. The van der Waals surface area contributed by atoms with Crippen LogP contribution in [0.3, 0.4) is 0 Å². The molecule has 2 nitrogen and oxygen atoms in total. The molecule has 0 aliphatic carbocycles. The zero-order valence-electron chi connectivity index (χ0n) is 13.8. The zero-order valence-corrected chi connectivity index (χ0v) is 18.5. The molecule has 27 heavy (non-hydrogen) atoms. The van der Waals surface area contributed by atoms with Gasteiger partial charge in [0.2, 0.25) is 0 Å². The first-order chi connectivity index (χ1) is 13.0. The average molecular weight is 523 g/mol. The van der Waals surface area contributed by atoms with Gasteiger partial charge in [0, 0.05) is 25.1 Å². The summed E-state index contributed by atoms with van der Waals surface area (Å²) in [4.78, 5) is 0. The molecule has 4 rings (SSSR count). The largest absolute Gasteiger partial charge is 0.231 e. The van der Waals surface area contributed by atoms with Crippen molar-refractivity contribution in [1.82, 2.24) is 9.78 Å². The van der Waals surface area contributed by atoms with Crippen molar-refractivity contribution in [3.63, 3.8) is 0 Å². The molecular weight excluding hydrogens is 511 g/mol. The minimum Gasteiger partial charge on any atom is -0.231 e. The Morgan fingerprint density at radius 1 is 0.741 bits per heavy atom. The van der Waals surface area contributed by atoms with Gasteiger partial charge < -0.3 is 0 Å². The van der Waals surface area contributed by atoms with Gasteiger partial charge in [-0.15, -0.1) is 0 Å². The summed E-state index contributed by atoms with van der Waals surface area (Å²) in [6, 6.07) is 23.5. The smallest absolute Gasteiger partial charge is 0.112 e. The molecular formula is C21H12Br2Cl2N2. The average Bonchev–Trinajstić information content (AvgIpc) is 2.99. The minimum absolute atomic E-state index is 0.598. The van der Waals surface area contributed by atoms with Crippen molar-refractivity contribution in [2.24, 2.45) is 0 Å². The number of halogens is 4. The van der Waals surface area contributed by atoms with Crippen molar-refractivity contribution in [2.45, 2.75) is 0 Å². The van der Waals surface area contributed by atoms with Gasteiger partial charge in [-0.3, -0.25) is 0 Å². The molecule has 134 valence electrons. The van der Waals surface area contributed by atoms with Gasteiger partial charge in [-0.25, -0.2) is 4.68 Å². The van der Waals surface area contributed by atoms with Crippen LogP contribution < -0.4 is 0 Å². The molecule has 4 aromatic rings. The molecule has 0 saturated heterocycles. The fourth-order valence-corrected chi connectivity index (χ4v) is 4.13. The number of hydrogen-bond acceptors (Lipinski definition) is 1. The van der Waals surface area contributed by atoms with E-state index in [4.69, 9.17) is 28.3 Å². The number of aromatic nitrogens is 2. The van der Waals surface area contributed by atoms with Gasteiger partial charge in [0.05, 0.1) is 16.4 Å². The Hall–Kier alpha value is -1.59. The first-order valence-electron chi connectivity index (χ1n) is 8.09. The van der Waals surface area contributed by atoms with E-state index in [0.29, 0.717) is 10.0 Å². The Labute approximate surface area is 184 Å². The van der Waals surface area contributed by atoms with E-state index in [1.807, 2.05) is 77.5 Å². The van der Waals surface area contributed by atoms with Crippen molar-refractivity contribution in [3.05, 3.63) is 91.8 Å². The molecule has 0 amide bonds. The first kappa shape index (κ1) is 18.8. The third-order valence-electron chi connectivity index (χ3n) is 4.09. The predicted molar refractivity (Wildman–Crippen MR) is 120 cm³/mol. The predicted octanol–water partition coefficient (Wildman–Crippen LogP) is 8.04. The van der Waals surface area contributed by atoms with Crippen molar-refractivity contribution in [2.75, 3.05) is 0 Å². The zero-order chi connectivity index (χ0) is 19.0. The normalized spacial score (nSPS) is 11.0. The van der Waals surface area contributed by atoms with E-state index < -0.39 is 0 Å². The van der Waals surface area contributed by atoms with Gasteiger partial charge in [-0.1, -0.05) is 79.3 Å². The fraction of sp³-hybridized carbons (Fsp3) is 0. The highest BCUT2D eigenvalue weighted by atomic mass is 79.9. The molecule has 0 bridgehead atoms. The summed E-state index contributed by atoms with van der Waals surface area (Å²) < 4.78 is 3.81. The van der Waals surface area contributed by atoms with Crippen LogP contribution in [0.2, 0.25) is 10.0 Å². The van der Waals surface area contributed by atoms with Crippen LogP contribution in [0, 0.1) is 0 Å². The molecule has 0 aliphatic heterocycles. The van der Waals surface area contributed by atoms with E-state index in [-0.39, 0.29) is 0 Å². The van der Waals surface area contributed by atoms with Crippen LogP contribution in [0.15, 0.2) is 81.7 Å². The van der Waals surface area contributed by atoms with Gasteiger partial charge >= 0.3 is 0 Å². The van der Waals surface area contributed by atoms with E-state index in [1.54, 1.807) is 0 Å². The monoisotopic (exact) mass is 520 g/mol. The van der Waals surface area contributed by atoms with Gasteiger partial charge in [0.1, 0.15) is 5.69 Å². The quantitative estimate of drug-likeness (QED) is 0.266. The second-order valence-corrected chi connectivity index (χ2v) is 8.57. The second kappa shape index (κ2) is 7.80. The minimum atomic E-state index is 0.598. The van der Waals surface area contributed by atoms with Crippen LogP contribution in [0.5, 0.6) is 0 Å². The number of rotatable bonds is 3. The molecule has 1 aromatic heterocycles. The Morgan fingerprint density at radius 3 is 1.96 bits per heavy atom. The third kappa shape index (κ3) is 3.85. The van der Waals surface area contributed by atoms with Crippen molar-refractivity contribution >= 4 is 55.1 Å². The van der Waals surface area contributed by atoms with Crippen LogP contribution in [0.1, 0.15) is 0 Å². The number of benzene rings is 3. The van der Waals surface area contributed by atoms with E-state index in [1.165, 1.54) is 0 Å². The molecule has 0 atom stereocenters. The molecule has 0 unspecified atom stereocenters. The Kier molecular flexibility index (Phi) is 5.42. The second-order valence-electron chi connectivity index (χ2n) is 5.92. The summed E-state index contributed by atoms with van der Waals surface area (Å²) in [6.45, 7) is 0. The lowest BCUT2D eigenvalue weighted by Gasteiger charge is -2.08. The highest BCUT2D eigenvalue weighted by Crippen LogP contribution is 2.39. The van der Waals surface area contributed by atoms with Crippen LogP contribution in [-0.2, 0) is 0 Å². The molecule has 6 heteroatoms. The lowest BCUT2D eigenvalue weighted by Crippen LogP contribution is -1.99. The molecule has 0 saturated carbocycles. The maximum Gasteiger partial charge on any atom is 0.112 e. The molecule has 3 aromatic carbocycles. The number of nitrogens with zero attached hydrogens (tertiary/aromatic N) is 2. The summed E-state index contributed by atoms with van der Waals surface area (Å²) in [5.41, 5.74) is 4.35. The first-order valence-corrected chi connectivity index (χ1v) is 10.4. The molecule has 1 heterocycles. The third-order valence-corrected chi connectivity index (χ3v) is 5.69. The maximum absolute atomic E-state index is 6.84. The van der Waals surface area contributed by atoms with Crippen LogP contribution >= 0.6 is 55.1 Å². The summed E-state index contributed by atoms with van der Waals surface area (Å²) in [5, 5.41) is 6.11. The fourth-order valence-electron chi connectivity index (χ4n) is 2.87. The van der Waals surface area contributed by atoms with Gasteiger partial charge in [-0.05, 0) is 48.5 Å². The lowest BCUT2D eigenvalue weighted by molar-refractivity contribution is 0.892. The number of hydrogen-bond donors (Lipinski definition) is 0. The molecule has 0 radical (unpaired) electrons. The molecule has 0 aliphatic rings. The lowest BCUT2D eigenvalue weighted by atomic mass is 10.1. The van der Waals surface area contributed by atoms with Crippen LogP contribution in [0.4, 0.5) is 0 Å². The van der Waals surface area contributed by atoms with E-state index >= 15 is 0 Å². The Balaban J connectivity index is 1.99. The molecule has 0 spiro atoms. The van der Waals surface area contributed by atoms with Crippen LogP contribution in [0.25, 0.3) is 28.2 Å². The SMILES string of the molecule is Clc1ccc(-n2nc(-c3cccc(Br)c3)c(Cl)c2-c2cccc(Br)c2)cc1. The molecule has 0 N–H and O–H groups in total. The standard InChI is InChI=1S/C21H12Br2Cl2N2/c22-15-5-1-3-13(11-15)20-19(25)21(14-4-2-6-16(23)12-14)27(26-20)18-9-7-17(24)8-10-18/h1-12H.